The van der Waals surface area contributed by atoms with Gasteiger partial charge >= 0.3 is 5.69 Å². The number of nitrogens with zero attached hydrogens (tertiary/aromatic N) is 3. The number of amides is 2. The van der Waals surface area contributed by atoms with Crippen molar-refractivity contribution >= 4 is 45.0 Å². The molecule has 0 bridgehead atoms. The van der Waals surface area contributed by atoms with Crippen molar-refractivity contribution in [2.45, 2.75) is 84.0 Å². The smallest absolute Gasteiger partial charge is 0.332 e. The van der Waals surface area contributed by atoms with E-state index in [0.29, 0.717) is 54.0 Å². The van der Waals surface area contributed by atoms with E-state index in [1.165, 1.54) is 20.5 Å². The van der Waals surface area contributed by atoms with Crippen molar-refractivity contribution in [3.8, 4) is 0 Å². The Hall–Kier alpha value is -2.91. The van der Waals surface area contributed by atoms with Crippen molar-refractivity contribution in [1.82, 2.24) is 19.4 Å². The molecule has 204 valence electrons. The van der Waals surface area contributed by atoms with E-state index in [-0.39, 0.29) is 36.5 Å². The van der Waals surface area contributed by atoms with Gasteiger partial charge in [-0.2, -0.15) is 0 Å². The van der Waals surface area contributed by atoms with E-state index in [4.69, 9.17) is 11.6 Å². The van der Waals surface area contributed by atoms with Gasteiger partial charge < -0.3 is 10.2 Å². The van der Waals surface area contributed by atoms with Crippen molar-refractivity contribution in [1.29, 1.82) is 0 Å². The Kier molecular flexibility index (Phi) is 9.80. The number of halogens is 1. The average Bonchev–Trinajstić information content (AvgIpc) is 3.42. The standard InChI is InChI=1S/C28H35ClN4O4S/c1-2-21-11-7-9-15-31(21)25(35)19-33-23-14-17-38-26(23)27(36)32(28(33)37)16-8-3-4-13-24(34)30-18-20-10-5-6-12-22(20)29/h5-6,10,12,14,17,21H,2-4,7-9,11,13,15-16,18-19H2,1H3,(H,30,34). The highest BCUT2D eigenvalue weighted by Crippen LogP contribution is 2.21. The Labute approximate surface area is 231 Å². The van der Waals surface area contributed by atoms with E-state index < -0.39 is 5.69 Å². The normalized spacial score (nSPS) is 15.6. The molecule has 1 aliphatic heterocycles. The average molecular weight is 559 g/mol. The number of hydrogen-bond acceptors (Lipinski definition) is 5. The first-order chi connectivity index (χ1) is 18.4. The number of benzene rings is 1. The molecule has 4 rings (SSSR count). The number of unbranched alkanes of at least 4 members (excludes halogenated alkanes) is 2. The van der Waals surface area contributed by atoms with E-state index in [9.17, 15) is 19.2 Å². The monoisotopic (exact) mass is 558 g/mol. The van der Waals surface area contributed by atoms with Crippen LogP contribution in [0.2, 0.25) is 5.02 Å². The molecule has 1 fully saturated rings. The van der Waals surface area contributed by atoms with Crippen LogP contribution >= 0.6 is 22.9 Å². The fourth-order valence-corrected chi connectivity index (χ4v) is 6.16. The molecule has 38 heavy (non-hydrogen) atoms. The molecule has 0 radical (unpaired) electrons. The number of thiophene rings is 1. The maximum atomic E-state index is 13.4. The summed E-state index contributed by atoms with van der Waals surface area (Å²) in [7, 11) is 0. The first-order valence-corrected chi connectivity index (χ1v) is 14.7. The zero-order chi connectivity index (χ0) is 27.1. The van der Waals surface area contributed by atoms with Crippen LogP contribution < -0.4 is 16.6 Å². The lowest BCUT2D eigenvalue weighted by molar-refractivity contribution is -0.135. The molecule has 8 nitrogen and oxygen atoms in total. The van der Waals surface area contributed by atoms with Gasteiger partial charge in [0.25, 0.3) is 5.56 Å². The van der Waals surface area contributed by atoms with Crippen LogP contribution in [0.3, 0.4) is 0 Å². The van der Waals surface area contributed by atoms with E-state index in [1.807, 2.05) is 23.1 Å². The Morgan fingerprint density at radius 2 is 1.89 bits per heavy atom. The fourth-order valence-electron chi connectivity index (χ4n) is 5.12. The molecule has 1 atom stereocenters. The predicted octanol–water partition coefficient (Wildman–Crippen LogP) is 4.55. The number of nitrogens with one attached hydrogen (secondary N) is 1. The van der Waals surface area contributed by atoms with Gasteiger partial charge in [-0.15, -0.1) is 11.3 Å². The molecule has 3 heterocycles. The third-order valence-corrected chi connectivity index (χ3v) is 8.53. The maximum Gasteiger partial charge on any atom is 0.332 e. The molecule has 1 unspecified atom stereocenters. The zero-order valence-electron chi connectivity index (χ0n) is 21.8. The topological polar surface area (TPSA) is 93.4 Å². The molecule has 1 aromatic carbocycles. The third kappa shape index (κ3) is 6.56. The van der Waals surface area contributed by atoms with Gasteiger partial charge in [0.05, 0.1) is 5.52 Å². The molecule has 3 aromatic rings. The van der Waals surface area contributed by atoms with Crippen LogP contribution in [0.25, 0.3) is 10.2 Å². The summed E-state index contributed by atoms with van der Waals surface area (Å²) >= 11 is 7.42. The number of hydrogen-bond donors (Lipinski definition) is 1. The summed E-state index contributed by atoms with van der Waals surface area (Å²) in [5.41, 5.74) is 0.628. The number of carbonyl (C=O) groups excluding carboxylic acids is 2. The van der Waals surface area contributed by atoms with Crippen LogP contribution in [-0.4, -0.2) is 38.4 Å². The summed E-state index contributed by atoms with van der Waals surface area (Å²) in [6.07, 6.45) is 6.25. The molecule has 2 amide bonds. The predicted molar refractivity (Wildman–Crippen MR) is 152 cm³/mol. The maximum absolute atomic E-state index is 13.4. The van der Waals surface area contributed by atoms with Crippen molar-refractivity contribution in [2.75, 3.05) is 6.54 Å². The van der Waals surface area contributed by atoms with E-state index in [2.05, 4.69) is 12.2 Å². The SMILES string of the molecule is CCC1CCCCN1C(=O)Cn1c(=O)n(CCCCCC(=O)NCc2ccccc2Cl)c(=O)c2sccc21. The Bertz CT molecular complexity index is 1400. The Morgan fingerprint density at radius 3 is 2.68 bits per heavy atom. The van der Waals surface area contributed by atoms with Gasteiger partial charge in [-0.1, -0.05) is 43.1 Å². The summed E-state index contributed by atoms with van der Waals surface area (Å²) in [6, 6.07) is 9.34. The lowest BCUT2D eigenvalue weighted by atomic mass is 10.00. The number of likely N-dealkylation sites (tertiary alicyclic amines) is 1. The third-order valence-electron chi connectivity index (χ3n) is 7.27. The van der Waals surface area contributed by atoms with Crippen LogP contribution in [0.4, 0.5) is 0 Å². The summed E-state index contributed by atoms with van der Waals surface area (Å²) in [4.78, 5) is 53.8. The largest absolute Gasteiger partial charge is 0.352 e. The van der Waals surface area contributed by atoms with Crippen LogP contribution in [0.15, 0.2) is 45.3 Å². The second-order valence-electron chi connectivity index (χ2n) is 9.78. The highest BCUT2D eigenvalue weighted by Gasteiger charge is 2.26. The minimum atomic E-state index is -0.447. The quantitative estimate of drug-likeness (QED) is 0.349. The van der Waals surface area contributed by atoms with E-state index in [0.717, 1.165) is 31.2 Å². The number of carbonyl (C=O) groups is 2. The molecule has 2 aromatic heterocycles. The number of rotatable bonds is 11. The van der Waals surface area contributed by atoms with Crippen molar-refractivity contribution in [3.63, 3.8) is 0 Å². The molecule has 1 N–H and O–H groups in total. The molecule has 1 aliphatic rings. The number of aromatic nitrogens is 2. The van der Waals surface area contributed by atoms with Crippen LogP contribution in [0.1, 0.15) is 63.9 Å². The van der Waals surface area contributed by atoms with Gasteiger partial charge in [0.15, 0.2) is 0 Å². The second-order valence-corrected chi connectivity index (χ2v) is 11.1. The summed E-state index contributed by atoms with van der Waals surface area (Å²) in [5, 5.41) is 5.28. The lowest BCUT2D eigenvalue weighted by Gasteiger charge is -2.35. The molecule has 0 aliphatic carbocycles. The number of piperidine rings is 1. The van der Waals surface area contributed by atoms with Gasteiger partial charge in [-0.05, 0) is 61.6 Å². The van der Waals surface area contributed by atoms with Gasteiger partial charge in [0.2, 0.25) is 11.8 Å². The Morgan fingerprint density at radius 1 is 1.08 bits per heavy atom. The number of fused-ring (bicyclic) bond motifs is 1. The van der Waals surface area contributed by atoms with Crippen molar-refractivity contribution < 1.29 is 9.59 Å². The molecule has 1 saturated heterocycles. The highest BCUT2D eigenvalue weighted by molar-refractivity contribution is 7.17. The minimum Gasteiger partial charge on any atom is -0.352 e. The van der Waals surface area contributed by atoms with Gasteiger partial charge in [0, 0.05) is 37.1 Å². The minimum absolute atomic E-state index is 0.0611. The van der Waals surface area contributed by atoms with Gasteiger partial charge in [-0.25, -0.2) is 4.79 Å². The van der Waals surface area contributed by atoms with Crippen molar-refractivity contribution in [3.05, 3.63) is 67.1 Å². The fraction of sp³-hybridized carbons (Fsp3) is 0.500. The summed E-state index contributed by atoms with van der Waals surface area (Å²) in [6.45, 7) is 3.37. The summed E-state index contributed by atoms with van der Waals surface area (Å²) < 4.78 is 3.19. The van der Waals surface area contributed by atoms with Crippen LogP contribution in [-0.2, 0) is 29.2 Å². The van der Waals surface area contributed by atoms with E-state index >= 15 is 0 Å². The second kappa shape index (κ2) is 13.2. The molecule has 0 spiro atoms. The highest BCUT2D eigenvalue weighted by atomic mass is 35.5. The molecule has 10 heteroatoms. The first kappa shape index (κ1) is 28.1. The zero-order valence-corrected chi connectivity index (χ0v) is 23.4. The summed E-state index contributed by atoms with van der Waals surface area (Å²) in [5.74, 6) is -0.134. The van der Waals surface area contributed by atoms with Crippen LogP contribution in [0.5, 0.6) is 0 Å². The van der Waals surface area contributed by atoms with Crippen LogP contribution in [0, 0.1) is 0 Å². The lowest BCUT2D eigenvalue weighted by Crippen LogP contribution is -2.47. The molecule has 0 saturated carbocycles. The first-order valence-electron chi connectivity index (χ1n) is 13.4. The van der Waals surface area contributed by atoms with Crippen molar-refractivity contribution in [2.24, 2.45) is 0 Å². The van der Waals surface area contributed by atoms with Gasteiger partial charge in [0.1, 0.15) is 11.2 Å². The Balaban J connectivity index is 1.36. The molecular weight excluding hydrogens is 524 g/mol. The molecular formula is C28H35ClN4O4S. The van der Waals surface area contributed by atoms with Gasteiger partial charge in [-0.3, -0.25) is 23.5 Å². The van der Waals surface area contributed by atoms with E-state index in [1.54, 1.807) is 17.5 Å².